The van der Waals surface area contributed by atoms with Gasteiger partial charge >= 0.3 is 0 Å². The van der Waals surface area contributed by atoms with E-state index in [9.17, 15) is 18.0 Å². The van der Waals surface area contributed by atoms with Crippen molar-refractivity contribution >= 4 is 43.5 Å². The molecule has 4 aromatic rings. The third kappa shape index (κ3) is 9.55. The van der Waals surface area contributed by atoms with Gasteiger partial charge in [0.15, 0.2) is 0 Å². The number of aryl methyl sites for hydroxylation is 1. The van der Waals surface area contributed by atoms with Crippen LogP contribution in [-0.4, -0.2) is 43.8 Å². The Balaban J connectivity index is 1.82. The molecular weight excluding hydrogens is 674 g/mol. The van der Waals surface area contributed by atoms with Crippen molar-refractivity contribution in [2.75, 3.05) is 10.8 Å². The molecule has 1 N–H and O–H groups in total. The number of carbonyl (C=O) groups excluding carboxylic acids is 2. The lowest BCUT2D eigenvalue weighted by atomic mass is 10.0. The quantitative estimate of drug-likeness (QED) is 0.145. The lowest BCUT2D eigenvalue weighted by molar-refractivity contribution is -0.140. The van der Waals surface area contributed by atoms with Gasteiger partial charge in [0.1, 0.15) is 12.6 Å². The van der Waals surface area contributed by atoms with Crippen LogP contribution in [0.1, 0.15) is 62.3 Å². The standard InChI is InChI=1S/C38H44BrN3O4S/c1-6-29(5)40-38(44)36(24-30-11-8-7-9-12-30)41(25-31-13-10-14-33(39)23-31)37(43)26-42(34-19-17-32(18-20-34)27(2)3)47(45,46)35-21-15-28(4)16-22-35/h7-23,27,29,36H,6,24-26H2,1-5H3,(H,40,44)/t29-,36-/m0/s1. The molecule has 0 spiro atoms. The fraction of sp³-hybridized carbons (Fsp3) is 0.316. The first-order chi connectivity index (χ1) is 22.4. The number of hydrogen-bond acceptors (Lipinski definition) is 4. The Kier molecular flexibility index (Phi) is 12.4. The zero-order valence-corrected chi connectivity index (χ0v) is 30.1. The fourth-order valence-electron chi connectivity index (χ4n) is 5.22. The molecule has 0 aliphatic rings. The molecule has 0 aromatic heterocycles. The molecule has 0 radical (unpaired) electrons. The molecular formula is C38H44BrN3O4S. The van der Waals surface area contributed by atoms with E-state index >= 15 is 0 Å². The predicted octanol–water partition coefficient (Wildman–Crippen LogP) is 7.63. The Morgan fingerprint density at radius 1 is 0.830 bits per heavy atom. The fourth-order valence-corrected chi connectivity index (χ4v) is 7.08. The average molecular weight is 719 g/mol. The molecule has 0 aliphatic heterocycles. The van der Waals surface area contributed by atoms with Gasteiger partial charge in [-0.2, -0.15) is 0 Å². The molecule has 0 bridgehead atoms. The Bertz CT molecular complexity index is 1740. The number of nitrogens with zero attached hydrogens (tertiary/aromatic N) is 2. The normalized spacial score (nSPS) is 12.7. The van der Waals surface area contributed by atoms with E-state index in [4.69, 9.17) is 0 Å². The molecule has 2 amide bonds. The molecule has 0 heterocycles. The van der Waals surface area contributed by atoms with Gasteiger partial charge in [-0.15, -0.1) is 0 Å². The zero-order chi connectivity index (χ0) is 34.1. The molecule has 9 heteroatoms. The van der Waals surface area contributed by atoms with Crippen molar-refractivity contribution in [3.8, 4) is 0 Å². The van der Waals surface area contributed by atoms with Crippen molar-refractivity contribution in [3.05, 3.63) is 130 Å². The van der Waals surface area contributed by atoms with Crippen molar-refractivity contribution in [2.45, 2.75) is 76.9 Å². The van der Waals surface area contributed by atoms with Crippen LogP contribution >= 0.6 is 15.9 Å². The van der Waals surface area contributed by atoms with Crippen molar-refractivity contribution in [1.29, 1.82) is 0 Å². The van der Waals surface area contributed by atoms with Gasteiger partial charge in [0.05, 0.1) is 10.6 Å². The number of benzene rings is 4. The Labute approximate surface area is 288 Å². The lowest BCUT2D eigenvalue weighted by Gasteiger charge is -2.34. The van der Waals surface area contributed by atoms with Crippen molar-refractivity contribution < 1.29 is 18.0 Å². The number of nitrogens with one attached hydrogen (secondary N) is 1. The van der Waals surface area contributed by atoms with E-state index in [2.05, 4.69) is 35.1 Å². The number of sulfonamides is 1. The second-order valence-electron chi connectivity index (χ2n) is 12.2. The molecule has 4 rings (SSSR count). The maximum atomic E-state index is 14.6. The highest BCUT2D eigenvalue weighted by Gasteiger charge is 2.35. The van der Waals surface area contributed by atoms with Crippen molar-refractivity contribution in [1.82, 2.24) is 10.2 Å². The Morgan fingerprint density at radius 3 is 2.06 bits per heavy atom. The topological polar surface area (TPSA) is 86.8 Å². The summed E-state index contributed by atoms with van der Waals surface area (Å²) in [4.78, 5) is 30.2. The maximum Gasteiger partial charge on any atom is 0.264 e. The second-order valence-corrected chi connectivity index (χ2v) is 15.0. The Hall–Kier alpha value is -3.95. The smallest absolute Gasteiger partial charge is 0.264 e. The second kappa shape index (κ2) is 16.2. The Morgan fingerprint density at radius 2 is 1.47 bits per heavy atom. The van der Waals surface area contributed by atoms with Crippen LogP contribution in [0.5, 0.6) is 0 Å². The zero-order valence-electron chi connectivity index (χ0n) is 27.7. The monoisotopic (exact) mass is 717 g/mol. The number of halogens is 1. The van der Waals surface area contributed by atoms with E-state index in [0.29, 0.717) is 5.69 Å². The molecule has 248 valence electrons. The van der Waals surface area contributed by atoms with Crippen molar-refractivity contribution in [3.63, 3.8) is 0 Å². The summed E-state index contributed by atoms with van der Waals surface area (Å²) in [5.74, 6) is -0.536. The van der Waals surface area contributed by atoms with Crippen molar-refractivity contribution in [2.24, 2.45) is 0 Å². The molecule has 47 heavy (non-hydrogen) atoms. The molecule has 7 nitrogen and oxygen atoms in total. The summed E-state index contributed by atoms with van der Waals surface area (Å²) in [5.41, 5.74) is 4.03. The third-order valence-electron chi connectivity index (χ3n) is 8.25. The van der Waals surface area contributed by atoms with Crippen LogP contribution in [0.4, 0.5) is 5.69 Å². The van der Waals surface area contributed by atoms with Crippen LogP contribution in [0.25, 0.3) is 0 Å². The minimum atomic E-state index is -4.16. The highest BCUT2D eigenvalue weighted by atomic mass is 79.9. The van der Waals surface area contributed by atoms with Crippen LogP contribution < -0.4 is 9.62 Å². The van der Waals surface area contributed by atoms with Gasteiger partial charge in [0, 0.05) is 23.5 Å². The minimum absolute atomic E-state index is 0.0812. The van der Waals surface area contributed by atoms with Crippen LogP contribution in [0, 0.1) is 6.92 Å². The number of rotatable bonds is 14. The van der Waals surface area contributed by atoms with Gasteiger partial charge in [0.25, 0.3) is 10.0 Å². The molecule has 0 saturated heterocycles. The maximum absolute atomic E-state index is 14.6. The van der Waals surface area contributed by atoms with Gasteiger partial charge < -0.3 is 10.2 Å². The van der Waals surface area contributed by atoms with Crippen LogP contribution in [0.15, 0.2) is 112 Å². The summed E-state index contributed by atoms with van der Waals surface area (Å²) in [7, 11) is -4.16. The van der Waals surface area contributed by atoms with E-state index in [-0.39, 0.29) is 35.7 Å². The number of anilines is 1. The molecule has 0 saturated carbocycles. The number of hydrogen-bond donors (Lipinski definition) is 1. The first-order valence-corrected chi connectivity index (χ1v) is 18.2. The number of carbonyl (C=O) groups is 2. The molecule has 4 aromatic carbocycles. The first-order valence-electron chi connectivity index (χ1n) is 16.0. The predicted molar refractivity (Wildman–Crippen MR) is 193 cm³/mol. The van der Waals surface area contributed by atoms with Crippen LogP contribution in [-0.2, 0) is 32.6 Å². The van der Waals surface area contributed by atoms with E-state index in [1.54, 1.807) is 36.4 Å². The minimum Gasteiger partial charge on any atom is -0.352 e. The molecule has 0 fully saturated rings. The van der Waals surface area contributed by atoms with E-state index in [1.807, 2.05) is 87.5 Å². The van der Waals surface area contributed by atoms with Gasteiger partial charge in [-0.05, 0) is 79.3 Å². The number of amides is 2. The largest absolute Gasteiger partial charge is 0.352 e. The highest BCUT2D eigenvalue weighted by molar-refractivity contribution is 9.10. The van der Waals surface area contributed by atoms with E-state index in [1.165, 1.54) is 4.90 Å². The van der Waals surface area contributed by atoms with Gasteiger partial charge in [-0.25, -0.2) is 8.42 Å². The lowest BCUT2D eigenvalue weighted by Crippen LogP contribution is -2.54. The van der Waals surface area contributed by atoms with Crippen LogP contribution in [0.3, 0.4) is 0 Å². The summed E-state index contributed by atoms with van der Waals surface area (Å²) >= 11 is 3.52. The summed E-state index contributed by atoms with van der Waals surface area (Å²) in [6.45, 7) is 9.54. The first kappa shape index (κ1) is 35.9. The SMILES string of the molecule is CC[C@H](C)NC(=O)[C@H](Cc1ccccc1)N(Cc1cccc(Br)c1)C(=O)CN(c1ccc(C(C)C)cc1)S(=O)(=O)c1ccc(C)cc1. The molecule has 0 unspecified atom stereocenters. The van der Waals surface area contributed by atoms with Gasteiger partial charge in [-0.3, -0.25) is 13.9 Å². The van der Waals surface area contributed by atoms with E-state index < -0.39 is 28.5 Å². The van der Waals surface area contributed by atoms with Gasteiger partial charge in [-0.1, -0.05) is 109 Å². The summed E-state index contributed by atoms with van der Waals surface area (Å²) in [6, 6.07) is 30.0. The third-order valence-corrected chi connectivity index (χ3v) is 10.5. The van der Waals surface area contributed by atoms with E-state index in [0.717, 1.165) is 37.5 Å². The van der Waals surface area contributed by atoms with Gasteiger partial charge in [0.2, 0.25) is 11.8 Å². The van der Waals surface area contributed by atoms with Crippen LogP contribution in [0.2, 0.25) is 0 Å². The average Bonchev–Trinajstić information content (AvgIpc) is 3.05. The summed E-state index contributed by atoms with van der Waals surface area (Å²) in [5, 5.41) is 3.07. The molecule has 2 atom stereocenters. The summed E-state index contributed by atoms with van der Waals surface area (Å²) in [6.07, 6.45) is 0.981. The summed E-state index contributed by atoms with van der Waals surface area (Å²) < 4.78 is 30.5. The molecule has 0 aliphatic carbocycles. The highest BCUT2D eigenvalue weighted by Crippen LogP contribution is 2.27.